The van der Waals surface area contributed by atoms with E-state index in [1.807, 2.05) is 0 Å². The molecule has 3 atom stereocenters. The third kappa shape index (κ3) is 1.89. The van der Waals surface area contributed by atoms with E-state index in [4.69, 9.17) is 16.2 Å². The average molecular weight is 264 g/mol. The molecule has 19 heavy (non-hydrogen) atoms. The molecule has 3 heterocycles. The van der Waals surface area contributed by atoms with E-state index in [0.717, 1.165) is 12.1 Å². The summed E-state index contributed by atoms with van der Waals surface area (Å²) in [6.07, 6.45) is 2.13. The number of nitrogens with two attached hydrogens (primary N) is 2. The van der Waals surface area contributed by atoms with Crippen molar-refractivity contribution in [3.05, 3.63) is 11.9 Å². The van der Waals surface area contributed by atoms with Gasteiger partial charge in [0.2, 0.25) is 5.95 Å². The first-order valence-electron chi connectivity index (χ1n) is 6.13. The SMILES string of the molecule is C[C@H]1C[C@@H](CO)O[C@H]1c1cnc2c(N)nc(N)nn12. The number of aliphatic hydroxyl groups is 1. The molecule has 1 saturated heterocycles. The Balaban J connectivity index is 2.06. The van der Waals surface area contributed by atoms with E-state index in [9.17, 15) is 5.11 Å². The van der Waals surface area contributed by atoms with E-state index in [1.54, 1.807) is 10.7 Å². The normalized spacial score (nSPS) is 27.2. The fourth-order valence-electron chi connectivity index (χ4n) is 2.54. The van der Waals surface area contributed by atoms with Gasteiger partial charge in [0.05, 0.1) is 24.6 Å². The van der Waals surface area contributed by atoms with Crippen molar-refractivity contribution in [1.82, 2.24) is 19.6 Å². The van der Waals surface area contributed by atoms with Gasteiger partial charge in [0.25, 0.3) is 0 Å². The van der Waals surface area contributed by atoms with Crippen LogP contribution in [0.2, 0.25) is 0 Å². The number of fused-ring (bicyclic) bond motifs is 1. The van der Waals surface area contributed by atoms with Gasteiger partial charge in [-0.3, -0.25) is 0 Å². The van der Waals surface area contributed by atoms with Crippen molar-refractivity contribution in [3.8, 4) is 0 Å². The van der Waals surface area contributed by atoms with Gasteiger partial charge in [0.1, 0.15) is 6.10 Å². The van der Waals surface area contributed by atoms with Crippen molar-refractivity contribution in [2.75, 3.05) is 18.1 Å². The molecule has 3 rings (SSSR count). The first-order valence-corrected chi connectivity index (χ1v) is 6.13. The number of rotatable bonds is 2. The number of nitrogens with zero attached hydrogens (tertiary/aromatic N) is 4. The van der Waals surface area contributed by atoms with Crippen molar-refractivity contribution in [1.29, 1.82) is 0 Å². The second-order valence-corrected chi connectivity index (χ2v) is 4.85. The second kappa shape index (κ2) is 4.32. The zero-order valence-corrected chi connectivity index (χ0v) is 10.5. The van der Waals surface area contributed by atoms with Crippen LogP contribution in [0.1, 0.15) is 25.1 Å². The van der Waals surface area contributed by atoms with Crippen LogP contribution in [0.15, 0.2) is 6.20 Å². The number of anilines is 2. The van der Waals surface area contributed by atoms with E-state index >= 15 is 0 Å². The zero-order chi connectivity index (χ0) is 13.6. The lowest BCUT2D eigenvalue weighted by atomic mass is 10.00. The molecular weight excluding hydrogens is 248 g/mol. The minimum absolute atomic E-state index is 0.0108. The smallest absolute Gasteiger partial charge is 0.240 e. The lowest BCUT2D eigenvalue weighted by molar-refractivity contribution is 0.00253. The maximum Gasteiger partial charge on any atom is 0.240 e. The Morgan fingerprint density at radius 2 is 2.32 bits per heavy atom. The van der Waals surface area contributed by atoms with E-state index in [1.165, 1.54) is 0 Å². The van der Waals surface area contributed by atoms with E-state index in [0.29, 0.717) is 5.65 Å². The minimum Gasteiger partial charge on any atom is -0.394 e. The summed E-state index contributed by atoms with van der Waals surface area (Å²) in [5.74, 6) is 0.589. The summed E-state index contributed by atoms with van der Waals surface area (Å²) in [6.45, 7) is 2.07. The number of aliphatic hydroxyl groups excluding tert-OH is 1. The summed E-state index contributed by atoms with van der Waals surface area (Å²) in [4.78, 5) is 8.08. The lowest BCUT2D eigenvalue weighted by Gasteiger charge is -2.14. The molecule has 8 nitrogen and oxygen atoms in total. The molecule has 0 amide bonds. The molecule has 0 unspecified atom stereocenters. The molecule has 1 aliphatic heterocycles. The van der Waals surface area contributed by atoms with Crippen LogP contribution >= 0.6 is 0 Å². The van der Waals surface area contributed by atoms with Crippen LogP contribution in [-0.4, -0.2) is 37.4 Å². The maximum atomic E-state index is 9.19. The molecule has 0 bridgehead atoms. The number of nitrogen functional groups attached to an aromatic ring is 2. The quantitative estimate of drug-likeness (QED) is 0.682. The fraction of sp³-hybridized carbons (Fsp3) is 0.545. The first kappa shape index (κ1) is 12.1. The summed E-state index contributed by atoms with van der Waals surface area (Å²) >= 11 is 0. The Morgan fingerprint density at radius 3 is 3.00 bits per heavy atom. The van der Waals surface area contributed by atoms with Gasteiger partial charge in [-0.1, -0.05) is 6.92 Å². The van der Waals surface area contributed by atoms with Crippen molar-refractivity contribution in [2.45, 2.75) is 25.6 Å². The number of hydrogen-bond donors (Lipinski definition) is 3. The third-order valence-corrected chi connectivity index (χ3v) is 3.42. The van der Waals surface area contributed by atoms with Gasteiger partial charge in [-0.2, -0.15) is 4.98 Å². The standard InChI is InChI=1S/C11H16N6O2/c1-5-2-6(4-18)19-8(5)7-3-14-10-9(12)15-11(13)16-17(7)10/h3,5-6,8,18H,2,4H2,1H3,(H4,12,13,15,16)/t5-,6-,8+/m0/s1. The fourth-order valence-corrected chi connectivity index (χ4v) is 2.54. The van der Waals surface area contributed by atoms with Crippen LogP contribution in [0.5, 0.6) is 0 Å². The van der Waals surface area contributed by atoms with Gasteiger partial charge < -0.3 is 21.3 Å². The van der Waals surface area contributed by atoms with Crippen LogP contribution in [-0.2, 0) is 4.74 Å². The highest BCUT2D eigenvalue weighted by atomic mass is 16.5. The summed E-state index contributed by atoms with van der Waals surface area (Å²) < 4.78 is 7.37. The molecule has 1 fully saturated rings. The van der Waals surface area contributed by atoms with Crippen LogP contribution in [0, 0.1) is 5.92 Å². The predicted octanol–water partition coefficient (Wildman–Crippen LogP) is -0.253. The van der Waals surface area contributed by atoms with Crippen LogP contribution in [0.3, 0.4) is 0 Å². The molecule has 2 aromatic heterocycles. The topological polar surface area (TPSA) is 125 Å². The van der Waals surface area contributed by atoms with Gasteiger partial charge in [-0.05, 0) is 12.3 Å². The molecule has 1 aliphatic rings. The van der Waals surface area contributed by atoms with E-state index in [-0.39, 0.29) is 36.5 Å². The number of imidazole rings is 1. The highest BCUT2D eigenvalue weighted by Crippen LogP contribution is 2.37. The predicted molar refractivity (Wildman–Crippen MR) is 68.1 cm³/mol. The summed E-state index contributed by atoms with van der Waals surface area (Å²) in [5, 5.41) is 13.3. The number of aromatic nitrogens is 4. The minimum atomic E-state index is -0.180. The Labute approximate surface area is 109 Å². The summed E-state index contributed by atoms with van der Waals surface area (Å²) in [6, 6.07) is 0. The molecular formula is C11H16N6O2. The average Bonchev–Trinajstić information content (AvgIpc) is 2.92. The van der Waals surface area contributed by atoms with Gasteiger partial charge in [-0.15, -0.1) is 5.10 Å². The Morgan fingerprint density at radius 1 is 1.53 bits per heavy atom. The second-order valence-electron chi connectivity index (χ2n) is 4.85. The van der Waals surface area contributed by atoms with Crippen molar-refractivity contribution in [2.24, 2.45) is 5.92 Å². The van der Waals surface area contributed by atoms with Gasteiger partial charge in [0, 0.05) is 0 Å². The van der Waals surface area contributed by atoms with Crippen LogP contribution in [0.4, 0.5) is 11.8 Å². The first-order chi connectivity index (χ1) is 9.10. The number of ether oxygens (including phenoxy) is 1. The molecule has 2 aromatic rings. The Hall–Kier alpha value is -1.93. The molecule has 0 saturated carbocycles. The number of hydrogen-bond acceptors (Lipinski definition) is 7. The molecule has 8 heteroatoms. The highest BCUT2D eigenvalue weighted by molar-refractivity contribution is 5.60. The third-order valence-electron chi connectivity index (χ3n) is 3.42. The van der Waals surface area contributed by atoms with Crippen molar-refractivity contribution < 1.29 is 9.84 Å². The Kier molecular flexibility index (Phi) is 2.76. The van der Waals surface area contributed by atoms with Crippen molar-refractivity contribution in [3.63, 3.8) is 0 Å². The van der Waals surface area contributed by atoms with E-state index < -0.39 is 0 Å². The van der Waals surface area contributed by atoms with Crippen LogP contribution < -0.4 is 11.5 Å². The summed E-state index contributed by atoms with van der Waals surface area (Å²) in [5.41, 5.74) is 12.6. The van der Waals surface area contributed by atoms with Crippen molar-refractivity contribution >= 4 is 17.4 Å². The zero-order valence-electron chi connectivity index (χ0n) is 10.5. The maximum absolute atomic E-state index is 9.19. The van der Waals surface area contributed by atoms with Gasteiger partial charge in [-0.25, -0.2) is 9.50 Å². The van der Waals surface area contributed by atoms with Gasteiger partial charge >= 0.3 is 0 Å². The lowest BCUT2D eigenvalue weighted by Crippen LogP contribution is -2.14. The molecule has 0 aliphatic carbocycles. The molecule has 0 aromatic carbocycles. The van der Waals surface area contributed by atoms with Crippen LogP contribution in [0.25, 0.3) is 5.65 Å². The van der Waals surface area contributed by atoms with E-state index in [2.05, 4.69) is 22.0 Å². The van der Waals surface area contributed by atoms with Gasteiger partial charge in [0.15, 0.2) is 11.5 Å². The monoisotopic (exact) mass is 264 g/mol. The summed E-state index contributed by atoms with van der Waals surface area (Å²) in [7, 11) is 0. The molecule has 102 valence electrons. The largest absolute Gasteiger partial charge is 0.394 e. The molecule has 0 spiro atoms. The highest BCUT2D eigenvalue weighted by Gasteiger charge is 2.35. The molecule has 5 N–H and O–H groups in total. The molecule has 0 radical (unpaired) electrons. The Bertz CT molecular complexity index is 612.